The van der Waals surface area contributed by atoms with E-state index in [1.165, 1.54) is 0 Å². The second-order valence-electron chi connectivity index (χ2n) is 12.9. The predicted molar refractivity (Wildman–Crippen MR) is 163 cm³/mol. The lowest BCUT2D eigenvalue weighted by molar-refractivity contribution is -0.155. The lowest BCUT2D eigenvalue weighted by atomic mass is 9.78. The van der Waals surface area contributed by atoms with E-state index in [1.807, 2.05) is 12.1 Å². The van der Waals surface area contributed by atoms with Crippen LogP contribution in [0.4, 0.5) is 5.69 Å². The zero-order chi connectivity index (χ0) is 31.6. The summed E-state index contributed by atoms with van der Waals surface area (Å²) in [5.41, 5.74) is 2.32. The molecule has 2 aromatic rings. The normalized spacial score (nSPS) is 12.2. The molecule has 0 radical (unpaired) electrons. The molecule has 0 aliphatic rings. The van der Waals surface area contributed by atoms with Crippen molar-refractivity contribution < 1.29 is 38.4 Å². The number of anilines is 1. The Morgan fingerprint density at radius 3 is 1.74 bits per heavy atom. The van der Waals surface area contributed by atoms with Crippen LogP contribution in [0.3, 0.4) is 0 Å². The number of methoxy groups -OCH3 is 3. The maximum Gasteiger partial charge on any atom is 0.344 e. The van der Waals surface area contributed by atoms with Gasteiger partial charge in [0.1, 0.15) is 18.1 Å². The van der Waals surface area contributed by atoms with Crippen LogP contribution >= 0.6 is 0 Å². The van der Waals surface area contributed by atoms with Crippen LogP contribution in [-0.2, 0) is 45.8 Å². The fourth-order valence-electron chi connectivity index (χ4n) is 4.68. The first-order valence-corrected chi connectivity index (χ1v) is 14.2. The van der Waals surface area contributed by atoms with Gasteiger partial charge in [0, 0.05) is 33.4 Å². The summed E-state index contributed by atoms with van der Waals surface area (Å²) in [6, 6.07) is 10.8. The van der Waals surface area contributed by atoms with Crippen LogP contribution in [0.15, 0.2) is 36.4 Å². The van der Waals surface area contributed by atoms with E-state index in [0.717, 1.165) is 16.7 Å². The molecule has 0 atom stereocenters. The van der Waals surface area contributed by atoms with Gasteiger partial charge in [0.15, 0.2) is 6.61 Å². The Balaban J connectivity index is 1.92. The van der Waals surface area contributed by atoms with Crippen molar-refractivity contribution in [1.29, 1.82) is 0 Å². The fraction of sp³-hybridized carbons (Fsp3) is 0.576. The van der Waals surface area contributed by atoms with Gasteiger partial charge in [0.25, 0.3) is 0 Å². The fourth-order valence-corrected chi connectivity index (χ4v) is 4.68. The second kappa shape index (κ2) is 15.4. The van der Waals surface area contributed by atoms with Gasteiger partial charge < -0.3 is 34.1 Å². The van der Waals surface area contributed by atoms with Crippen molar-refractivity contribution >= 4 is 17.6 Å². The van der Waals surface area contributed by atoms with E-state index in [0.29, 0.717) is 49.8 Å². The highest BCUT2D eigenvalue weighted by atomic mass is 16.6. The van der Waals surface area contributed by atoms with E-state index in [2.05, 4.69) is 46.9 Å². The van der Waals surface area contributed by atoms with Gasteiger partial charge in [-0.25, -0.2) is 4.79 Å². The van der Waals surface area contributed by atoms with Crippen molar-refractivity contribution in [2.24, 2.45) is 5.41 Å². The second-order valence-corrected chi connectivity index (χ2v) is 12.9. The largest absolute Gasteiger partial charge is 0.507 e. The molecule has 9 heteroatoms. The molecular formula is C33H49NO8. The quantitative estimate of drug-likeness (QED) is 0.266. The van der Waals surface area contributed by atoms with Crippen LogP contribution in [0, 0.1) is 5.41 Å². The number of hydrogen-bond acceptors (Lipinski definition) is 8. The summed E-state index contributed by atoms with van der Waals surface area (Å²) < 4.78 is 26.8. The number of phenols is 1. The number of amides is 1. The number of rotatable bonds is 15. The molecule has 0 unspecified atom stereocenters. The Kier molecular flexibility index (Phi) is 12.8. The molecule has 2 N–H and O–H groups in total. The van der Waals surface area contributed by atoms with Gasteiger partial charge in [-0.1, -0.05) is 53.7 Å². The molecule has 0 bridgehead atoms. The van der Waals surface area contributed by atoms with Crippen LogP contribution in [-0.4, -0.2) is 71.3 Å². The third-order valence-electron chi connectivity index (χ3n) is 6.81. The molecule has 0 aromatic heterocycles. The van der Waals surface area contributed by atoms with Crippen molar-refractivity contribution in [3.8, 4) is 11.5 Å². The number of nitrogens with one attached hydrogen (secondary N) is 1. The van der Waals surface area contributed by atoms with Crippen molar-refractivity contribution in [2.45, 2.75) is 65.2 Å². The van der Waals surface area contributed by atoms with Crippen LogP contribution < -0.4 is 10.1 Å². The predicted octanol–water partition coefficient (Wildman–Crippen LogP) is 5.41. The average molecular weight is 588 g/mol. The summed E-state index contributed by atoms with van der Waals surface area (Å²) in [7, 11) is 4.70. The van der Waals surface area contributed by atoms with Crippen molar-refractivity contribution in [3.63, 3.8) is 0 Å². The van der Waals surface area contributed by atoms with Crippen LogP contribution in [0.5, 0.6) is 11.5 Å². The molecule has 9 nitrogen and oxygen atoms in total. The first-order valence-electron chi connectivity index (χ1n) is 14.2. The first kappa shape index (κ1) is 35.1. The maximum atomic E-state index is 12.7. The van der Waals surface area contributed by atoms with Gasteiger partial charge in [-0.05, 0) is 58.2 Å². The number of hydrogen-bond donors (Lipinski definition) is 2. The molecule has 2 aromatic carbocycles. The number of phenolic OH excluding ortho intramolecular Hbond substituents is 1. The number of carbonyl (C=O) groups is 2. The number of benzene rings is 2. The van der Waals surface area contributed by atoms with Gasteiger partial charge in [0.05, 0.1) is 25.2 Å². The molecule has 0 aliphatic carbocycles. The van der Waals surface area contributed by atoms with Gasteiger partial charge in [-0.15, -0.1) is 0 Å². The van der Waals surface area contributed by atoms with E-state index < -0.39 is 11.4 Å². The Hall–Kier alpha value is -3.14. The number of aromatic hydroxyl groups is 1. The number of aryl methyl sites for hydroxylation is 1. The SMILES string of the molecule is COCC(COC)(COC)COC(=O)COc1ccc(NC(=O)CCc2cc(C(C)(C)C)c(O)c(C(C)(C)C)c2)cc1. The highest BCUT2D eigenvalue weighted by molar-refractivity contribution is 5.90. The first-order chi connectivity index (χ1) is 19.6. The van der Waals surface area contributed by atoms with Crippen molar-refractivity contribution in [1.82, 2.24) is 0 Å². The van der Waals surface area contributed by atoms with E-state index >= 15 is 0 Å². The zero-order valence-electron chi connectivity index (χ0n) is 26.7. The minimum absolute atomic E-state index is 0.0643. The van der Waals surface area contributed by atoms with Gasteiger partial charge in [0.2, 0.25) is 5.91 Å². The molecule has 0 saturated heterocycles. The molecule has 1 amide bonds. The molecular weight excluding hydrogens is 538 g/mol. The Morgan fingerprint density at radius 2 is 1.29 bits per heavy atom. The Bertz CT molecular complexity index is 1110. The summed E-state index contributed by atoms with van der Waals surface area (Å²) >= 11 is 0. The molecule has 2 rings (SSSR count). The smallest absolute Gasteiger partial charge is 0.344 e. The van der Waals surface area contributed by atoms with E-state index in [-0.39, 0.29) is 30.0 Å². The number of ether oxygens (including phenoxy) is 5. The molecule has 42 heavy (non-hydrogen) atoms. The highest BCUT2D eigenvalue weighted by Crippen LogP contribution is 2.40. The molecule has 0 fully saturated rings. The van der Waals surface area contributed by atoms with E-state index in [4.69, 9.17) is 23.7 Å². The molecule has 0 aliphatic heterocycles. The van der Waals surface area contributed by atoms with Gasteiger partial charge in [-0.2, -0.15) is 0 Å². The Labute approximate surface area is 250 Å². The number of esters is 1. The van der Waals surface area contributed by atoms with Crippen LogP contribution in [0.1, 0.15) is 64.7 Å². The summed E-state index contributed by atoms with van der Waals surface area (Å²) in [4.78, 5) is 25.0. The summed E-state index contributed by atoms with van der Waals surface area (Å²) in [6.45, 7) is 13.1. The highest BCUT2D eigenvalue weighted by Gasteiger charge is 2.33. The molecule has 0 saturated carbocycles. The third-order valence-corrected chi connectivity index (χ3v) is 6.81. The van der Waals surface area contributed by atoms with Crippen LogP contribution in [0.2, 0.25) is 0 Å². The maximum absolute atomic E-state index is 12.7. The average Bonchev–Trinajstić information content (AvgIpc) is 2.90. The van der Waals surface area contributed by atoms with E-state index in [9.17, 15) is 14.7 Å². The topological polar surface area (TPSA) is 113 Å². The minimum atomic E-state index is -0.611. The standard InChI is InChI=1S/C33H49NO8/c1-31(2,3)26-16-23(17-27(30(26)37)32(4,5)6)10-15-28(35)34-24-11-13-25(14-12-24)41-18-29(36)42-22-33(19-38-7,20-39-8)21-40-9/h11-14,16-17,37H,10,15,18-22H2,1-9H3,(H,34,35). The summed E-state index contributed by atoms with van der Waals surface area (Å²) in [6.07, 6.45) is 0.834. The lowest BCUT2D eigenvalue weighted by Crippen LogP contribution is -2.41. The van der Waals surface area contributed by atoms with Crippen molar-refractivity contribution in [3.05, 3.63) is 53.1 Å². The van der Waals surface area contributed by atoms with Gasteiger partial charge >= 0.3 is 5.97 Å². The molecule has 0 spiro atoms. The monoisotopic (exact) mass is 587 g/mol. The van der Waals surface area contributed by atoms with Gasteiger partial charge in [-0.3, -0.25) is 4.79 Å². The molecule has 0 heterocycles. The van der Waals surface area contributed by atoms with Crippen molar-refractivity contribution in [2.75, 3.05) is 59.7 Å². The third kappa shape index (κ3) is 10.6. The summed E-state index contributed by atoms with van der Waals surface area (Å²) in [5, 5.41) is 13.8. The number of carbonyl (C=O) groups excluding carboxylic acids is 2. The lowest BCUT2D eigenvalue weighted by Gasteiger charge is -2.30. The molecule has 234 valence electrons. The van der Waals surface area contributed by atoms with E-state index in [1.54, 1.807) is 45.6 Å². The zero-order valence-corrected chi connectivity index (χ0v) is 26.7. The summed E-state index contributed by atoms with van der Waals surface area (Å²) in [5.74, 6) is 0.144. The Morgan fingerprint density at radius 1 is 0.786 bits per heavy atom. The minimum Gasteiger partial charge on any atom is -0.507 e. The van der Waals surface area contributed by atoms with Crippen LogP contribution in [0.25, 0.3) is 0 Å².